The Bertz CT molecular complexity index is 4790. The number of halogens is 10. The van der Waals surface area contributed by atoms with Gasteiger partial charge in [0.2, 0.25) is 23.7 Å². The Morgan fingerprint density at radius 1 is 0.504 bits per heavy atom. The summed E-state index contributed by atoms with van der Waals surface area (Å²) >= 11 is 0. The second-order valence-electron chi connectivity index (χ2n) is 31.7. The predicted octanol–water partition coefficient (Wildman–Crippen LogP) is 14.7. The van der Waals surface area contributed by atoms with Crippen LogP contribution in [0.2, 0.25) is 0 Å². The first kappa shape index (κ1) is 88.1. The van der Waals surface area contributed by atoms with E-state index in [0.29, 0.717) is 71.5 Å². The molecule has 0 unspecified atom stereocenters. The second kappa shape index (κ2) is 36.3. The standard InChI is InChI=1S/C20H23F5N4O.C20H22F3N5O.C20H24F2N6O2.C20H26N6/c1-18(2)14(8-15(18)30)28-17-13(20(23,24)25)10-27-16(29-17)5-4-11-9-26-7-6-12(11)19(3,21)22;1-19(2)14(11-29)7-16(19)27-17-13(8-24)10-26-18(28-17)25-9-12-5-3-4-6-15(12)20(21,22)23;1-19(2)14(7-15(19)29)27-16-13(8-23)10-26-18(28-16)25-9-12-5-4-6-24-17(12)30-11-20(3,21)22;1-5-17-15(9-22-12-25-17)11-24-19-23-10-14(8-21)18(26-19)7-16-6-13(2)20(16,3)4/h6-7,9-10,14-15,30H,4-5,8H2,1-3H3,(H,27,28,29);3-6,10,14,16,29H,7,9,11H2,1-2H3,(H2,25,26,27,28);4-6,10,14-15,29H,7,9,11H2,1-3H3,(H2,25,26,27,28);9-10,12-13,16H,5-7,11H2,1-4H3,(H,23,24,26)/t14-,15+;14-,16+;14-,15-;13-,16-/m0101/s1. The minimum Gasteiger partial charge on any atom is -0.471 e. The van der Waals surface area contributed by atoms with Crippen LogP contribution in [-0.4, -0.2) is 125 Å². The quantitative estimate of drug-likeness (QED) is 0.0227. The van der Waals surface area contributed by atoms with E-state index in [1.54, 1.807) is 38.5 Å². The highest BCUT2D eigenvalue weighted by molar-refractivity contribution is 5.56. The van der Waals surface area contributed by atoms with E-state index in [2.05, 4.69) is 125 Å². The van der Waals surface area contributed by atoms with Gasteiger partial charge < -0.3 is 52.0 Å². The van der Waals surface area contributed by atoms with E-state index in [0.717, 1.165) is 56.1 Å². The zero-order valence-electron chi connectivity index (χ0n) is 65.8. The van der Waals surface area contributed by atoms with Crippen LogP contribution in [0.1, 0.15) is 182 Å². The van der Waals surface area contributed by atoms with Crippen molar-refractivity contribution in [2.75, 3.05) is 45.1 Å². The van der Waals surface area contributed by atoms with Crippen LogP contribution in [0.5, 0.6) is 5.88 Å². The van der Waals surface area contributed by atoms with Crippen molar-refractivity contribution in [3.8, 4) is 24.1 Å². The van der Waals surface area contributed by atoms with Crippen LogP contribution in [-0.2, 0) is 63.6 Å². The number of anilines is 6. The molecule has 8 atom stereocenters. The molecule has 4 saturated carbocycles. The summed E-state index contributed by atoms with van der Waals surface area (Å²) in [6, 6.07) is 15.8. The van der Waals surface area contributed by atoms with Gasteiger partial charge in [0.25, 0.3) is 11.8 Å². The number of hydrogen-bond donors (Lipinski definition) is 9. The molecule has 4 aliphatic carbocycles. The Hall–Kier alpha value is -10.8. The summed E-state index contributed by atoms with van der Waals surface area (Å²) in [4.78, 5) is 49.8. The van der Waals surface area contributed by atoms with Crippen molar-refractivity contribution in [3.63, 3.8) is 0 Å². The molecular weight excluding hydrogens is 1510 g/mol. The second-order valence-corrected chi connectivity index (χ2v) is 31.7. The summed E-state index contributed by atoms with van der Waals surface area (Å²) in [6.07, 6.45) is 6.98. The number of aliphatic hydroxyl groups excluding tert-OH is 3. The molecule has 25 nitrogen and oxygen atoms in total. The molecule has 115 heavy (non-hydrogen) atoms. The number of nitrogens with zero attached hydrogens (tertiary/aromatic N) is 15. The van der Waals surface area contributed by atoms with E-state index in [1.807, 2.05) is 46.0 Å². The average molecular weight is 1600 g/mol. The van der Waals surface area contributed by atoms with Gasteiger partial charge in [-0.2, -0.15) is 52.1 Å². The lowest BCUT2D eigenvalue weighted by atomic mass is 9.54. The number of alkyl halides is 10. The number of benzene rings is 1. The van der Waals surface area contributed by atoms with Crippen LogP contribution in [0.4, 0.5) is 79.2 Å². The van der Waals surface area contributed by atoms with Crippen LogP contribution >= 0.6 is 0 Å². The molecule has 7 aromatic heterocycles. The van der Waals surface area contributed by atoms with Gasteiger partial charge in [-0.15, -0.1) is 0 Å². The molecule has 8 aromatic rings. The maximum Gasteiger partial charge on any atom is 0.421 e. The van der Waals surface area contributed by atoms with Crippen molar-refractivity contribution >= 4 is 35.3 Å². The number of pyridine rings is 2. The third-order valence-corrected chi connectivity index (χ3v) is 22.6. The molecule has 4 fully saturated rings. The third kappa shape index (κ3) is 22.0. The minimum atomic E-state index is -4.66. The summed E-state index contributed by atoms with van der Waals surface area (Å²) in [5.74, 6) is -3.17. The average Bonchev–Trinajstić information content (AvgIpc) is 0.776. The fourth-order valence-electron chi connectivity index (χ4n) is 13.7. The number of aryl methyl sites for hydroxylation is 3. The van der Waals surface area contributed by atoms with Crippen molar-refractivity contribution < 1.29 is 64.0 Å². The van der Waals surface area contributed by atoms with Crippen molar-refractivity contribution in [3.05, 3.63) is 171 Å². The van der Waals surface area contributed by atoms with Gasteiger partial charge in [-0.05, 0) is 103 Å². The first-order valence-corrected chi connectivity index (χ1v) is 37.4. The SMILES string of the molecule is CC(F)(F)COc1ncccc1CNc1ncc(C#N)c(N[C@H]2C[C@H](O)C2(C)C)n1.CC(F)(F)c1ccncc1CCc1ncc(C(F)(F)F)c(N[C@H]2C[C@@H](O)C2(C)C)n1.CC1(C)[C@@H](CO)C[C@@H]1Nc1nc(NCc2ccccc2C(F)(F)F)ncc1C#N.CCc1ncncc1CNc1ncc(C#N)c(C[C@H]2C[C@@H](C)C2(C)C)n1. The Morgan fingerprint density at radius 3 is 1.55 bits per heavy atom. The highest BCUT2D eigenvalue weighted by Gasteiger charge is 2.51. The van der Waals surface area contributed by atoms with Crippen molar-refractivity contribution in [2.45, 2.75) is 209 Å². The van der Waals surface area contributed by atoms with Gasteiger partial charge in [0.05, 0.1) is 47.6 Å². The summed E-state index contributed by atoms with van der Waals surface area (Å²) < 4.78 is 138. The van der Waals surface area contributed by atoms with Gasteiger partial charge in [0, 0.05) is 129 Å². The highest BCUT2D eigenvalue weighted by Crippen LogP contribution is 2.53. The zero-order valence-corrected chi connectivity index (χ0v) is 65.8. The lowest BCUT2D eigenvalue weighted by Gasteiger charge is -2.52. The van der Waals surface area contributed by atoms with Crippen LogP contribution in [0, 0.1) is 73.4 Å². The Labute approximate surface area is 660 Å². The third-order valence-electron chi connectivity index (χ3n) is 22.6. The monoisotopic (exact) mass is 1600 g/mol. The molecule has 0 bridgehead atoms. The highest BCUT2D eigenvalue weighted by atomic mass is 19.4. The summed E-state index contributed by atoms with van der Waals surface area (Å²) in [7, 11) is 0. The van der Waals surface area contributed by atoms with Crippen LogP contribution in [0.15, 0.2) is 98.4 Å². The van der Waals surface area contributed by atoms with E-state index in [9.17, 15) is 75.0 Å². The molecule has 0 saturated heterocycles. The van der Waals surface area contributed by atoms with Crippen molar-refractivity contribution in [1.29, 1.82) is 15.8 Å². The smallest absolute Gasteiger partial charge is 0.421 e. The maximum absolute atomic E-state index is 13.8. The summed E-state index contributed by atoms with van der Waals surface area (Å²) in [6.45, 7) is 21.9. The molecule has 1 aromatic carbocycles. The Balaban J connectivity index is 0.000000176. The first-order valence-electron chi connectivity index (χ1n) is 37.4. The van der Waals surface area contributed by atoms with E-state index in [1.165, 1.54) is 61.7 Å². The van der Waals surface area contributed by atoms with Gasteiger partial charge in [0.15, 0.2) is 6.61 Å². The summed E-state index contributed by atoms with van der Waals surface area (Å²) in [5.41, 5.74) is 2.19. The lowest BCUT2D eigenvalue weighted by molar-refractivity contribution is -0.138. The topological polar surface area (TPSA) is 368 Å². The molecule has 4 aliphatic rings. The minimum absolute atomic E-state index is 0.0143. The molecule has 0 aliphatic heterocycles. The van der Waals surface area contributed by atoms with Crippen LogP contribution in [0.25, 0.3) is 0 Å². The Morgan fingerprint density at radius 2 is 1.03 bits per heavy atom. The molecule has 0 radical (unpaired) electrons. The van der Waals surface area contributed by atoms with Gasteiger partial charge in [0.1, 0.15) is 64.5 Å². The number of ether oxygens (including phenoxy) is 1. The Kier molecular flexibility index (Phi) is 27.8. The van der Waals surface area contributed by atoms with E-state index in [-0.39, 0.29) is 125 Å². The predicted molar refractivity (Wildman–Crippen MR) is 408 cm³/mol. The molecule has 0 spiro atoms. The molecule has 12 rings (SSSR count). The number of aliphatic hydroxyl groups is 3. The van der Waals surface area contributed by atoms with Crippen LogP contribution < -0.4 is 36.6 Å². The molecular formula is C80H95F10N21O4. The normalized spacial score (nSPS) is 20.6. The van der Waals surface area contributed by atoms with Crippen molar-refractivity contribution in [2.24, 2.45) is 39.4 Å². The molecule has 614 valence electrons. The van der Waals surface area contributed by atoms with E-state index >= 15 is 0 Å². The number of aromatic nitrogens is 12. The molecule has 7 heterocycles. The van der Waals surface area contributed by atoms with Crippen molar-refractivity contribution in [1.82, 2.24) is 59.8 Å². The number of hydrogen-bond acceptors (Lipinski definition) is 25. The largest absolute Gasteiger partial charge is 0.471 e. The van der Waals surface area contributed by atoms with Crippen LogP contribution in [0.3, 0.4) is 0 Å². The van der Waals surface area contributed by atoms with Gasteiger partial charge >= 0.3 is 12.4 Å². The molecule has 9 N–H and O–H groups in total. The van der Waals surface area contributed by atoms with Gasteiger partial charge in [-0.1, -0.05) is 93.5 Å². The number of nitriles is 3. The fourth-order valence-corrected chi connectivity index (χ4v) is 13.7. The number of nitrogens with one attached hydrogen (secondary N) is 6. The summed E-state index contributed by atoms with van der Waals surface area (Å²) in [5, 5.41) is 75.5. The zero-order chi connectivity index (χ0) is 84.2. The maximum atomic E-state index is 13.8. The van der Waals surface area contributed by atoms with E-state index < -0.39 is 59.6 Å². The van der Waals surface area contributed by atoms with Gasteiger partial charge in [-0.25, -0.2) is 62.4 Å². The molecule has 0 amide bonds. The first-order chi connectivity index (χ1) is 54.0. The number of rotatable bonds is 26. The molecule has 35 heteroatoms. The van der Waals surface area contributed by atoms with Gasteiger partial charge in [-0.3, -0.25) is 4.98 Å². The lowest BCUT2D eigenvalue weighted by Crippen LogP contribution is -2.57. The fraction of sp³-hybridized carbons (Fsp3) is 0.512. The van der Waals surface area contributed by atoms with E-state index in [4.69, 9.17) is 4.74 Å².